The van der Waals surface area contributed by atoms with Crippen molar-refractivity contribution in [3.8, 4) is 0 Å². The van der Waals surface area contributed by atoms with E-state index in [0.29, 0.717) is 0 Å². The molecule has 0 saturated carbocycles. The van der Waals surface area contributed by atoms with E-state index < -0.39 is 0 Å². The molecule has 5 N–H and O–H groups in total. The van der Waals surface area contributed by atoms with Gasteiger partial charge in [-0.2, -0.15) is 4.99 Å². The molecule has 0 aliphatic rings. The Morgan fingerprint density at radius 1 is 1.39 bits per heavy atom. The van der Waals surface area contributed by atoms with Crippen molar-refractivity contribution in [2.75, 3.05) is 17.7 Å². The van der Waals surface area contributed by atoms with E-state index in [-0.39, 0.29) is 22.8 Å². The number of guanidine groups is 1. The highest BCUT2D eigenvalue weighted by Crippen LogP contribution is 2.13. The first-order valence-electron chi connectivity index (χ1n) is 5.13. The quantitative estimate of drug-likeness (QED) is 0.549. The van der Waals surface area contributed by atoms with E-state index in [1.807, 2.05) is 30.3 Å². The SMILES string of the molecule is CN(C(=O)CSC(=N)N=C(N)N)c1ccccc1. The highest BCUT2D eigenvalue weighted by atomic mass is 32.2. The molecule has 0 aliphatic carbocycles. The number of nitrogens with two attached hydrogens (primary N) is 2. The molecule has 0 atom stereocenters. The van der Waals surface area contributed by atoms with Gasteiger partial charge in [-0.15, -0.1) is 0 Å². The number of rotatable bonds is 3. The van der Waals surface area contributed by atoms with Crippen LogP contribution in [0.25, 0.3) is 0 Å². The average molecular weight is 265 g/mol. The van der Waals surface area contributed by atoms with E-state index in [4.69, 9.17) is 16.9 Å². The highest BCUT2D eigenvalue weighted by molar-refractivity contribution is 8.14. The molecule has 0 heterocycles. The summed E-state index contributed by atoms with van der Waals surface area (Å²) in [5.74, 6) is -0.195. The van der Waals surface area contributed by atoms with E-state index in [0.717, 1.165) is 17.4 Å². The van der Waals surface area contributed by atoms with Gasteiger partial charge >= 0.3 is 0 Å². The Balaban J connectivity index is 2.52. The van der Waals surface area contributed by atoms with Crippen molar-refractivity contribution < 1.29 is 4.79 Å². The molecule has 1 aromatic carbocycles. The largest absolute Gasteiger partial charge is 0.370 e. The third-order valence-electron chi connectivity index (χ3n) is 2.08. The van der Waals surface area contributed by atoms with Crippen LogP contribution in [0.2, 0.25) is 0 Å². The minimum Gasteiger partial charge on any atom is -0.370 e. The summed E-state index contributed by atoms with van der Waals surface area (Å²) >= 11 is 0.980. The van der Waals surface area contributed by atoms with Gasteiger partial charge < -0.3 is 16.4 Å². The van der Waals surface area contributed by atoms with Crippen LogP contribution < -0.4 is 16.4 Å². The van der Waals surface area contributed by atoms with Gasteiger partial charge in [0.25, 0.3) is 0 Å². The standard InChI is InChI=1S/C11H15N5OS/c1-16(8-5-3-2-4-6-8)9(17)7-18-11(14)15-10(12)13/h2-6H,7H2,1H3,(H5,12,13,14,15). The maximum atomic E-state index is 11.8. The summed E-state index contributed by atoms with van der Waals surface area (Å²) in [6, 6.07) is 9.26. The van der Waals surface area contributed by atoms with Crippen molar-refractivity contribution in [1.82, 2.24) is 0 Å². The lowest BCUT2D eigenvalue weighted by atomic mass is 10.3. The molecule has 0 saturated heterocycles. The summed E-state index contributed by atoms with van der Waals surface area (Å²) in [5, 5.41) is 7.32. The lowest BCUT2D eigenvalue weighted by molar-refractivity contribution is -0.115. The van der Waals surface area contributed by atoms with Gasteiger partial charge in [-0.05, 0) is 12.1 Å². The monoisotopic (exact) mass is 265 g/mol. The second kappa shape index (κ2) is 6.65. The lowest BCUT2D eigenvalue weighted by Gasteiger charge is -2.16. The third kappa shape index (κ3) is 4.46. The van der Waals surface area contributed by atoms with Crippen LogP contribution in [0.4, 0.5) is 5.69 Å². The number of amides is 1. The van der Waals surface area contributed by atoms with Crippen LogP contribution in [0.5, 0.6) is 0 Å². The van der Waals surface area contributed by atoms with Crippen LogP contribution in [0.15, 0.2) is 35.3 Å². The van der Waals surface area contributed by atoms with Crippen molar-refractivity contribution in [3.63, 3.8) is 0 Å². The molecule has 0 bridgehead atoms. The summed E-state index contributed by atoms with van der Waals surface area (Å²) in [5.41, 5.74) is 11.1. The first kappa shape index (κ1) is 14.0. The number of benzene rings is 1. The zero-order valence-electron chi connectivity index (χ0n) is 9.96. The van der Waals surface area contributed by atoms with Crippen molar-refractivity contribution in [3.05, 3.63) is 30.3 Å². The van der Waals surface area contributed by atoms with E-state index in [2.05, 4.69) is 4.99 Å². The predicted octanol–water partition coefficient (Wildman–Crippen LogP) is 0.591. The number of carbonyl (C=O) groups is 1. The minimum absolute atomic E-state index is 0.0789. The molecule has 0 spiro atoms. The fourth-order valence-corrected chi connectivity index (χ4v) is 1.80. The average Bonchev–Trinajstić information content (AvgIpc) is 2.35. The van der Waals surface area contributed by atoms with Gasteiger partial charge in [-0.3, -0.25) is 10.2 Å². The summed E-state index contributed by atoms with van der Waals surface area (Å²) in [6.45, 7) is 0. The van der Waals surface area contributed by atoms with Crippen LogP contribution in [-0.2, 0) is 4.79 Å². The number of hydrogen-bond acceptors (Lipinski definition) is 3. The number of amidine groups is 1. The number of anilines is 1. The van der Waals surface area contributed by atoms with Gasteiger partial charge in [0.2, 0.25) is 5.91 Å². The zero-order valence-corrected chi connectivity index (χ0v) is 10.8. The molecular weight excluding hydrogens is 250 g/mol. The van der Waals surface area contributed by atoms with Crippen molar-refractivity contribution in [2.24, 2.45) is 16.5 Å². The van der Waals surface area contributed by atoms with E-state index >= 15 is 0 Å². The maximum Gasteiger partial charge on any atom is 0.237 e. The molecule has 18 heavy (non-hydrogen) atoms. The highest BCUT2D eigenvalue weighted by Gasteiger charge is 2.11. The van der Waals surface area contributed by atoms with Crippen molar-refractivity contribution >= 4 is 34.5 Å². The molecule has 1 amide bonds. The molecule has 0 aromatic heterocycles. The van der Waals surface area contributed by atoms with Gasteiger partial charge in [-0.25, -0.2) is 0 Å². The first-order chi connectivity index (χ1) is 8.50. The number of aliphatic imine (C=N–C) groups is 1. The summed E-state index contributed by atoms with van der Waals surface area (Å²) < 4.78 is 0. The fraction of sp³-hybridized carbons (Fsp3) is 0.182. The summed E-state index contributed by atoms with van der Waals surface area (Å²) in [6.07, 6.45) is 0. The molecule has 0 fully saturated rings. The number of carbonyl (C=O) groups excluding carboxylic acids is 1. The van der Waals surface area contributed by atoms with Crippen LogP contribution in [0.3, 0.4) is 0 Å². The molecular formula is C11H15N5OS. The van der Waals surface area contributed by atoms with Crippen LogP contribution in [0, 0.1) is 5.41 Å². The fourth-order valence-electron chi connectivity index (χ4n) is 1.17. The summed E-state index contributed by atoms with van der Waals surface area (Å²) in [7, 11) is 1.68. The van der Waals surface area contributed by atoms with Crippen LogP contribution >= 0.6 is 11.8 Å². The Labute approximate surface area is 110 Å². The van der Waals surface area contributed by atoms with E-state index in [1.54, 1.807) is 7.05 Å². The van der Waals surface area contributed by atoms with Gasteiger partial charge in [0.15, 0.2) is 11.1 Å². The molecule has 1 rings (SSSR count). The molecule has 6 nitrogen and oxygen atoms in total. The smallest absolute Gasteiger partial charge is 0.237 e. The second-order valence-corrected chi connectivity index (χ2v) is 4.38. The number of nitrogens with one attached hydrogen (secondary N) is 1. The normalized spacial score (nSPS) is 9.61. The van der Waals surface area contributed by atoms with Crippen LogP contribution in [-0.4, -0.2) is 29.8 Å². The molecule has 1 aromatic rings. The zero-order chi connectivity index (χ0) is 13.5. The Hall–Kier alpha value is -2.02. The van der Waals surface area contributed by atoms with E-state index in [1.165, 1.54) is 4.90 Å². The molecule has 7 heteroatoms. The lowest BCUT2D eigenvalue weighted by Crippen LogP contribution is -2.28. The van der Waals surface area contributed by atoms with Gasteiger partial charge in [0, 0.05) is 12.7 Å². The number of nitrogens with zero attached hydrogens (tertiary/aromatic N) is 2. The van der Waals surface area contributed by atoms with Crippen LogP contribution in [0.1, 0.15) is 0 Å². The topological polar surface area (TPSA) is 109 Å². The Morgan fingerprint density at radius 2 is 2.00 bits per heavy atom. The first-order valence-corrected chi connectivity index (χ1v) is 6.12. The number of para-hydroxylation sites is 1. The number of hydrogen-bond donors (Lipinski definition) is 3. The predicted molar refractivity (Wildman–Crippen MR) is 75.8 cm³/mol. The van der Waals surface area contributed by atoms with Gasteiger partial charge in [0.1, 0.15) is 0 Å². The molecule has 96 valence electrons. The van der Waals surface area contributed by atoms with Crippen molar-refractivity contribution in [1.29, 1.82) is 5.41 Å². The minimum atomic E-state index is -0.184. The second-order valence-electron chi connectivity index (χ2n) is 3.42. The van der Waals surface area contributed by atoms with Gasteiger partial charge in [0.05, 0.1) is 5.75 Å². The Bertz CT molecular complexity index is 456. The third-order valence-corrected chi connectivity index (χ3v) is 2.84. The number of thioether (sulfide) groups is 1. The molecule has 0 aliphatic heterocycles. The van der Waals surface area contributed by atoms with E-state index in [9.17, 15) is 4.79 Å². The maximum absolute atomic E-state index is 11.8. The molecule has 0 radical (unpaired) electrons. The van der Waals surface area contributed by atoms with Gasteiger partial charge in [-0.1, -0.05) is 30.0 Å². The Kier molecular flexibility index (Phi) is 5.19. The Morgan fingerprint density at radius 3 is 2.56 bits per heavy atom. The summed E-state index contributed by atoms with van der Waals surface area (Å²) in [4.78, 5) is 16.9. The molecule has 0 unspecified atom stereocenters. The van der Waals surface area contributed by atoms with Crippen molar-refractivity contribution in [2.45, 2.75) is 0 Å².